The number of alkyl halides is 3. The molecule has 0 aromatic carbocycles. The summed E-state index contributed by atoms with van der Waals surface area (Å²) < 4.78 is 39.5. The minimum atomic E-state index is -4.40. The summed E-state index contributed by atoms with van der Waals surface area (Å²) in [5.41, 5.74) is -0.863. The molecule has 0 aliphatic heterocycles. The quantitative estimate of drug-likeness (QED) is 0.385. The zero-order valence-electron chi connectivity index (χ0n) is 13.0. The number of aliphatic imine (C=N–C) groups is 1. The van der Waals surface area contributed by atoms with Crippen LogP contribution in [0.3, 0.4) is 0 Å². The topological polar surface area (TPSA) is 54.2 Å². The highest BCUT2D eigenvalue weighted by Crippen LogP contribution is 2.30. The number of hydrogen-bond donors (Lipinski definition) is 2. The van der Waals surface area contributed by atoms with Gasteiger partial charge in [0.05, 0.1) is 6.54 Å². The van der Waals surface area contributed by atoms with Crippen molar-refractivity contribution in [2.75, 3.05) is 13.1 Å². The van der Waals surface area contributed by atoms with E-state index in [9.17, 15) is 13.2 Å². The monoisotopic (exact) mass is 473 g/mol. The van der Waals surface area contributed by atoms with Crippen LogP contribution in [0.25, 0.3) is 0 Å². The van der Waals surface area contributed by atoms with Crippen LogP contribution in [0.4, 0.5) is 13.2 Å². The van der Waals surface area contributed by atoms with Crippen molar-refractivity contribution in [1.29, 1.82) is 0 Å². The van der Waals surface area contributed by atoms with Gasteiger partial charge in [0.15, 0.2) is 11.7 Å². The van der Waals surface area contributed by atoms with Crippen molar-refractivity contribution in [2.24, 2.45) is 4.99 Å². The van der Waals surface area contributed by atoms with Gasteiger partial charge in [-0.15, -0.1) is 35.3 Å². The molecule has 0 atom stereocenters. The number of thiazole rings is 1. The first-order chi connectivity index (χ1) is 11.0. The Kier molecular flexibility index (Phi) is 8.53. The van der Waals surface area contributed by atoms with E-state index in [-0.39, 0.29) is 30.5 Å². The molecule has 0 fully saturated rings. The van der Waals surface area contributed by atoms with E-state index in [2.05, 4.69) is 20.6 Å². The van der Waals surface area contributed by atoms with Gasteiger partial charge in [0.25, 0.3) is 0 Å². The summed E-state index contributed by atoms with van der Waals surface area (Å²) >= 11 is 0.960. The summed E-state index contributed by atoms with van der Waals surface area (Å²) in [6.07, 6.45) is -0.488. The minimum Gasteiger partial charge on any atom is -0.357 e. The molecular formula is C14H19F3IN5S. The molecular weight excluding hydrogens is 454 g/mol. The van der Waals surface area contributed by atoms with Crippen molar-refractivity contribution < 1.29 is 13.2 Å². The van der Waals surface area contributed by atoms with Crippen LogP contribution in [-0.4, -0.2) is 28.6 Å². The predicted octanol–water partition coefficient (Wildman–Crippen LogP) is 3.34. The van der Waals surface area contributed by atoms with E-state index in [0.29, 0.717) is 24.1 Å². The van der Waals surface area contributed by atoms with Crippen LogP contribution in [0.5, 0.6) is 0 Å². The Bertz CT molecular complexity index is 625. The van der Waals surface area contributed by atoms with Crippen LogP contribution in [0.1, 0.15) is 17.6 Å². The molecule has 5 nitrogen and oxygen atoms in total. The third-order valence-electron chi connectivity index (χ3n) is 2.89. The van der Waals surface area contributed by atoms with E-state index in [4.69, 9.17) is 0 Å². The Labute approximate surface area is 159 Å². The normalized spacial score (nSPS) is 11.9. The summed E-state index contributed by atoms with van der Waals surface area (Å²) in [4.78, 5) is 7.82. The largest absolute Gasteiger partial charge is 0.434 e. The minimum absolute atomic E-state index is 0. The molecule has 2 rings (SSSR count). The van der Waals surface area contributed by atoms with Crippen LogP contribution in [0.2, 0.25) is 0 Å². The SMILES string of the molecule is CCNC(=NCc1nc(C(F)(F)F)cs1)NCCn1cccc1.I. The fraction of sp³-hybridized carbons (Fsp3) is 0.429. The van der Waals surface area contributed by atoms with Gasteiger partial charge in [-0.3, -0.25) is 0 Å². The first kappa shape index (κ1) is 20.7. The van der Waals surface area contributed by atoms with Gasteiger partial charge < -0.3 is 15.2 Å². The number of halogens is 4. The van der Waals surface area contributed by atoms with Gasteiger partial charge in [-0.2, -0.15) is 13.2 Å². The average molecular weight is 473 g/mol. The fourth-order valence-electron chi connectivity index (χ4n) is 1.82. The van der Waals surface area contributed by atoms with Gasteiger partial charge in [0.2, 0.25) is 0 Å². The molecule has 0 saturated carbocycles. The van der Waals surface area contributed by atoms with Crippen molar-refractivity contribution in [3.8, 4) is 0 Å². The Hall–Kier alpha value is -1.30. The molecule has 10 heteroatoms. The lowest BCUT2D eigenvalue weighted by Crippen LogP contribution is -2.38. The Morgan fingerprint density at radius 3 is 2.58 bits per heavy atom. The molecule has 0 amide bonds. The molecule has 0 spiro atoms. The maximum atomic E-state index is 12.5. The number of rotatable bonds is 6. The van der Waals surface area contributed by atoms with Gasteiger partial charge in [-0.1, -0.05) is 0 Å². The molecule has 134 valence electrons. The summed E-state index contributed by atoms with van der Waals surface area (Å²) in [5, 5.41) is 7.54. The lowest BCUT2D eigenvalue weighted by Gasteiger charge is -2.11. The third-order valence-corrected chi connectivity index (χ3v) is 3.72. The molecule has 0 unspecified atom stereocenters. The second-order valence-electron chi connectivity index (χ2n) is 4.67. The molecule has 0 saturated heterocycles. The highest BCUT2D eigenvalue weighted by molar-refractivity contribution is 14.0. The van der Waals surface area contributed by atoms with Gasteiger partial charge in [-0.05, 0) is 19.1 Å². The molecule has 0 bridgehead atoms. The molecule has 2 aromatic heterocycles. The van der Waals surface area contributed by atoms with Crippen LogP contribution in [-0.2, 0) is 19.3 Å². The van der Waals surface area contributed by atoms with E-state index < -0.39 is 11.9 Å². The lowest BCUT2D eigenvalue weighted by atomic mass is 10.5. The molecule has 2 N–H and O–H groups in total. The summed E-state index contributed by atoms with van der Waals surface area (Å²) in [6.45, 7) is 4.13. The number of nitrogens with zero attached hydrogens (tertiary/aromatic N) is 3. The van der Waals surface area contributed by atoms with Gasteiger partial charge in [0, 0.05) is 37.4 Å². The zero-order chi connectivity index (χ0) is 16.7. The lowest BCUT2D eigenvalue weighted by molar-refractivity contribution is -0.140. The van der Waals surface area contributed by atoms with E-state index in [1.807, 2.05) is 36.0 Å². The van der Waals surface area contributed by atoms with Crippen molar-refractivity contribution in [3.05, 3.63) is 40.6 Å². The summed E-state index contributed by atoms with van der Waals surface area (Å²) in [6, 6.07) is 3.89. The van der Waals surface area contributed by atoms with E-state index >= 15 is 0 Å². The second kappa shape index (κ2) is 9.87. The van der Waals surface area contributed by atoms with Crippen molar-refractivity contribution in [1.82, 2.24) is 20.2 Å². The average Bonchev–Trinajstić information content (AvgIpc) is 3.15. The number of aromatic nitrogens is 2. The van der Waals surface area contributed by atoms with E-state index in [0.717, 1.165) is 23.3 Å². The van der Waals surface area contributed by atoms with Gasteiger partial charge in [-0.25, -0.2) is 9.98 Å². The first-order valence-electron chi connectivity index (χ1n) is 7.13. The maximum absolute atomic E-state index is 12.5. The van der Waals surface area contributed by atoms with Gasteiger partial charge in [0.1, 0.15) is 5.01 Å². The molecule has 24 heavy (non-hydrogen) atoms. The van der Waals surface area contributed by atoms with Crippen molar-refractivity contribution in [2.45, 2.75) is 26.2 Å². The first-order valence-corrected chi connectivity index (χ1v) is 8.01. The van der Waals surface area contributed by atoms with Crippen LogP contribution < -0.4 is 10.6 Å². The number of nitrogens with one attached hydrogen (secondary N) is 2. The number of hydrogen-bond acceptors (Lipinski definition) is 3. The molecule has 0 aliphatic carbocycles. The van der Waals surface area contributed by atoms with E-state index in [1.165, 1.54) is 0 Å². The summed E-state index contributed by atoms with van der Waals surface area (Å²) in [7, 11) is 0. The highest BCUT2D eigenvalue weighted by atomic mass is 127. The standard InChI is InChI=1S/C14H18F3N5S.HI/c1-2-18-13(19-5-8-22-6-3-4-7-22)20-9-12-21-11(10-23-12)14(15,16)17;/h3-4,6-7,10H,2,5,8-9H2,1H3,(H2,18,19,20);1H. The van der Waals surface area contributed by atoms with Crippen LogP contribution >= 0.6 is 35.3 Å². The highest BCUT2D eigenvalue weighted by Gasteiger charge is 2.33. The Morgan fingerprint density at radius 2 is 2.00 bits per heavy atom. The van der Waals surface area contributed by atoms with Gasteiger partial charge >= 0.3 is 6.18 Å². The van der Waals surface area contributed by atoms with Crippen LogP contribution in [0, 0.1) is 0 Å². The predicted molar refractivity (Wildman–Crippen MR) is 99.8 cm³/mol. The Balaban J connectivity index is 0.00000288. The molecule has 0 radical (unpaired) electrons. The zero-order valence-corrected chi connectivity index (χ0v) is 16.2. The van der Waals surface area contributed by atoms with E-state index in [1.54, 1.807) is 0 Å². The molecule has 2 aromatic rings. The van der Waals surface area contributed by atoms with Crippen LogP contribution in [0.15, 0.2) is 34.9 Å². The molecule has 0 aliphatic rings. The molecule has 2 heterocycles. The number of guanidine groups is 1. The second-order valence-corrected chi connectivity index (χ2v) is 5.61. The maximum Gasteiger partial charge on any atom is 0.434 e. The fourth-order valence-corrected chi connectivity index (χ4v) is 2.55. The smallest absolute Gasteiger partial charge is 0.357 e. The Morgan fingerprint density at radius 1 is 1.29 bits per heavy atom. The third kappa shape index (κ3) is 6.67. The van der Waals surface area contributed by atoms with Crippen molar-refractivity contribution >= 4 is 41.3 Å². The summed E-state index contributed by atoms with van der Waals surface area (Å²) in [5.74, 6) is 0.559. The van der Waals surface area contributed by atoms with Crippen molar-refractivity contribution in [3.63, 3.8) is 0 Å².